The minimum absolute atomic E-state index is 0.114. The molecule has 5 heteroatoms. The molecule has 0 amide bonds. The second kappa shape index (κ2) is 6.20. The van der Waals surface area contributed by atoms with Gasteiger partial charge in [-0.2, -0.15) is 0 Å². The molecule has 0 atom stereocenters. The van der Waals surface area contributed by atoms with Crippen LogP contribution >= 0.6 is 11.8 Å². The van der Waals surface area contributed by atoms with Gasteiger partial charge in [0, 0.05) is 17.0 Å². The Morgan fingerprint density at radius 1 is 1.44 bits per heavy atom. The highest BCUT2D eigenvalue weighted by atomic mass is 32.2. The topological polar surface area (TPSA) is 52.3 Å². The average Bonchev–Trinajstić information content (AvgIpc) is 2.24. The number of hydrogen-bond donors (Lipinski definition) is 1. The lowest BCUT2D eigenvalue weighted by Crippen LogP contribution is -2.24. The molecule has 0 fully saturated rings. The van der Waals surface area contributed by atoms with Gasteiger partial charge in [0.05, 0.1) is 5.75 Å². The number of thioether (sulfide) groups is 1. The van der Waals surface area contributed by atoms with E-state index in [9.17, 15) is 9.18 Å². The Balaban J connectivity index is 2.64. The minimum Gasteiger partial charge on any atom is -0.459 e. The summed E-state index contributed by atoms with van der Waals surface area (Å²) in [6.45, 7) is 5.54. The maximum absolute atomic E-state index is 13.4. The lowest BCUT2D eigenvalue weighted by molar-refractivity contribution is -0.151. The number of hydrogen-bond acceptors (Lipinski definition) is 4. The molecular weight excluding hydrogens is 253 g/mol. The van der Waals surface area contributed by atoms with Crippen LogP contribution in [0.25, 0.3) is 0 Å². The van der Waals surface area contributed by atoms with Crippen molar-refractivity contribution in [1.29, 1.82) is 0 Å². The lowest BCUT2D eigenvalue weighted by atomic mass is 10.2. The van der Waals surface area contributed by atoms with E-state index >= 15 is 0 Å². The Labute approximate surface area is 111 Å². The van der Waals surface area contributed by atoms with Gasteiger partial charge in [0.2, 0.25) is 0 Å². The molecule has 0 radical (unpaired) electrons. The smallest absolute Gasteiger partial charge is 0.316 e. The molecule has 0 aromatic heterocycles. The quantitative estimate of drug-likeness (QED) is 0.676. The maximum atomic E-state index is 13.4. The summed E-state index contributed by atoms with van der Waals surface area (Å²) in [5.74, 6) is -0.514. The highest BCUT2D eigenvalue weighted by molar-refractivity contribution is 8.00. The largest absolute Gasteiger partial charge is 0.459 e. The van der Waals surface area contributed by atoms with Crippen LogP contribution in [0.1, 0.15) is 26.3 Å². The van der Waals surface area contributed by atoms with E-state index in [0.717, 1.165) is 0 Å². The van der Waals surface area contributed by atoms with Gasteiger partial charge in [-0.15, -0.1) is 11.8 Å². The monoisotopic (exact) mass is 271 g/mol. The number of nitrogens with two attached hydrogens (primary N) is 1. The van der Waals surface area contributed by atoms with Gasteiger partial charge in [-0.05, 0) is 32.9 Å². The lowest BCUT2D eigenvalue weighted by Gasteiger charge is -2.19. The van der Waals surface area contributed by atoms with E-state index in [1.54, 1.807) is 12.1 Å². The average molecular weight is 271 g/mol. The van der Waals surface area contributed by atoms with E-state index in [0.29, 0.717) is 10.5 Å². The molecule has 0 aliphatic carbocycles. The predicted octanol–water partition coefficient (Wildman–Crippen LogP) is 2.72. The Morgan fingerprint density at radius 3 is 2.67 bits per heavy atom. The molecule has 0 aliphatic heterocycles. The van der Waals surface area contributed by atoms with Crippen LogP contribution in [0.4, 0.5) is 4.39 Å². The van der Waals surface area contributed by atoms with Crippen molar-refractivity contribution in [2.75, 3.05) is 5.75 Å². The molecule has 0 heterocycles. The van der Waals surface area contributed by atoms with Crippen LogP contribution in [0.5, 0.6) is 0 Å². The summed E-state index contributed by atoms with van der Waals surface area (Å²) in [4.78, 5) is 12.2. The van der Waals surface area contributed by atoms with E-state index < -0.39 is 5.60 Å². The van der Waals surface area contributed by atoms with Gasteiger partial charge in [0.25, 0.3) is 0 Å². The van der Waals surface area contributed by atoms with Gasteiger partial charge in [-0.25, -0.2) is 4.39 Å². The van der Waals surface area contributed by atoms with Crippen LogP contribution in [0.3, 0.4) is 0 Å². The van der Waals surface area contributed by atoms with E-state index in [-0.39, 0.29) is 24.1 Å². The number of benzene rings is 1. The first-order chi connectivity index (χ1) is 8.33. The van der Waals surface area contributed by atoms with Crippen LogP contribution < -0.4 is 5.73 Å². The first-order valence-corrected chi connectivity index (χ1v) is 6.64. The Kier molecular flexibility index (Phi) is 5.16. The summed E-state index contributed by atoms with van der Waals surface area (Å²) in [7, 11) is 0. The molecule has 0 aliphatic rings. The second-order valence-electron chi connectivity index (χ2n) is 4.80. The third kappa shape index (κ3) is 4.66. The van der Waals surface area contributed by atoms with Crippen molar-refractivity contribution in [3.8, 4) is 0 Å². The number of carbonyl (C=O) groups is 1. The summed E-state index contributed by atoms with van der Waals surface area (Å²) in [5.41, 5.74) is 5.42. The van der Waals surface area contributed by atoms with Crippen molar-refractivity contribution in [2.24, 2.45) is 5.73 Å². The number of rotatable bonds is 4. The van der Waals surface area contributed by atoms with Gasteiger partial charge in [-0.3, -0.25) is 4.79 Å². The molecule has 3 nitrogen and oxygen atoms in total. The second-order valence-corrected chi connectivity index (χ2v) is 5.81. The van der Waals surface area contributed by atoms with Gasteiger partial charge >= 0.3 is 5.97 Å². The fourth-order valence-corrected chi connectivity index (χ4v) is 2.24. The van der Waals surface area contributed by atoms with Crippen molar-refractivity contribution >= 4 is 17.7 Å². The zero-order valence-corrected chi connectivity index (χ0v) is 11.6. The molecule has 0 spiro atoms. The molecule has 0 unspecified atom stereocenters. The van der Waals surface area contributed by atoms with Gasteiger partial charge in [0.1, 0.15) is 11.4 Å². The Bertz CT molecular complexity index is 429. The van der Waals surface area contributed by atoms with Crippen molar-refractivity contribution in [1.82, 2.24) is 0 Å². The highest BCUT2D eigenvalue weighted by Crippen LogP contribution is 2.25. The Morgan fingerprint density at radius 2 is 2.11 bits per heavy atom. The SMILES string of the molecule is CC(C)(C)OC(=O)CSc1cccc(F)c1CN. The highest BCUT2D eigenvalue weighted by Gasteiger charge is 2.17. The number of halogens is 1. The molecule has 18 heavy (non-hydrogen) atoms. The van der Waals surface area contributed by atoms with Crippen LogP contribution in [-0.4, -0.2) is 17.3 Å². The van der Waals surface area contributed by atoms with E-state index in [2.05, 4.69) is 0 Å². The first-order valence-electron chi connectivity index (χ1n) is 5.65. The van der Waals surface area contributed by atoms with E-state index in [4.69, 9.17) is 10.5 Å². The predicted molar refractivity (Wildman–Crippen MR) is 70.9 cm³/mol. The number of esters is 1. The third-order valence-electron chi connectivity index (χ3n) is 2.05. The molecule has 0 bridgehead atoms. The summed E-state index contributed by atoms with van der Waals surface area (Å²) in [5, 5.41) is 0. The summed E-state index contributed by atoms with van der Waals surface area (Å²) < 4.78 is 18.6. The summed E-state index contributed by atoms with van der Waals surface area (Å²) >= 11 is 1.24. The van der Waals surface area contributed by atoms with Gasteiger partial charge in [-0.1, -0.05) is 6.07 Å². The first kappa shape index (κ1) is 15.0. The Hall–Kier alpha value is -1.07. The van der Waals surface area contributed by atoms with Crippen molar-refractivity contribution in [3.05, 3.63) is 29.6 Å². The zero-order valence-electron chi connectivity index (χ0n) is 10.8. The fraction of sp³-hybridized carbons (Fsp3) is 0.462. The summed E-state index contributed by atoms with van der Waals surface area (Å²) in [6, 6.07) is 4.71. The van der Waals surface area contributed by atoms with E-state index in [1.165, 1.54) is 17.8 Å². The van der Waals surface area contributed by atoms with Gasteiger partial charge in [0.15, 0.2) is 0 Å². The molecular formula is C13H18FNO2S. The normalized spacial score (nSPS) is 11.4. The third-order valence-corrected chi connectivity index (χ3v) is 3.12. The molecule has 1 aromatic rings. The maximum Gasteiger partial charge on any atom is 0.316 e. The summed E-state index contributed by atoms with van der Waals surface area (Å²) in [6.07, 6.45) is 0. The van der Waals surface area contributed by atoms with Gasteiger partial charge < -0.3 is 10.5 Å². The minimum atomic E-state index is -0.504. The number of ether oxygens (including phenoxy) is 1. The van der Waals surface area contributed by atoms with Crippen LogP contribution in [0.15, 0.2) is 23.1 Å². The molecule has 1 aromatic carbocycles. The van der Waals surface area contributed by atoms with Crippen LogP contribution in [0, 0.1) is 5.82 Å². The molecule has 0 saturated heterocycles. The van der Waals surface area contributed by atoms with Crippen LogP contribution in [-0.2, 0) is 16.1 Å². The van der Waals surface area contributed by atoms with Crippen LogP contribution in [0.2, 0.25) is 0 Å². The van der Waals surface area contributed by atoms with E-state index in [1.807, 2.05) is 20.8 Å². The number of carbonyl (C=O) groups excluding carboxylic acids is 1. The van der Waals surface area contributed by atoms with Crippen molar-refractivity contribution in [2.45, 2.75) is 37.8 Å². The molecule has 2 N–H and O–H groups in total. The zero-order chi connectivity index (χ0) is 13.8. The standard InChI is InChI=1S/C13H18FNO2S/c1-13(2,3)17-12(16)8-18-11-6-4-5-10(14)9(11)7-15/h4-6H,7-8,15H2,1-3H3. The molecule has 100 valence electrons. The van der Waals surface area contributed by atoms with Crippen molar-refractivity contribution in [3.63, 3.8) is 0 Å². The molecule has 1 rings (SSSR count). The van der Waals surface area contributed by atoms with Crippen molar-refractivity contribution < 1.29 is 13.9 Å². The fourth-order valence-electron chi connectivity index (χ4n) is 1.38. The molecule has 0 saturated carbocycles.